The van der Waals surface area contributed by atoms with Crippen molar-refractivity contribution in [2.75, 3.05) is 13.2 Å². The predicted octanol–water partition coefficient (Wildman–Crippen LogP) is 23.3. The van der Waals surface area contributed by atoms with E-state index in [1.54, 1.807) is 0 Å². The molecule has 0 spiro atoms. The molecule has 1 unspecified atom stereocenters. The monoisotopic (exact) mass is 1120 g/mol. The van der Waals surface area contributed by atoms with E-state index in [9.17, 15) is 14.4 Å². The molecular weight excluding hydrogens is 997 g/mol. The van der Waals surface area contributed by atoms with Crippen LogP contribution in [0.15, 0.2) is 134 Å². The zero-order valence-electron chi connectivity index (χ0n) is 52.8. The van der Waals surface area contributed by atoms with E-state index < -0.39 is 6.10 Å². The van der Waals surface area contributed by atoms with Crippen molar-refractivity contribution in [2.45, 2.75) is 309 Å². The lowest BCUT2D eigenvalue weighted by Crippen LogP contribution is -2.30. The third kappa shape index (κ3) is 66.2. The second-order valence-electron chi connectivity index (χ2n) is 22.0. The smallest absolute Gasteiger partial charge is 0.306 e. The van der Waals surface area contributed by atoms with Crippen molar-refractivity contribution < 1.29 is 28.6 Å². The van der Waals surface area contributed by atoms with E-state index in [1.165, 1.54) is 122 Å². The van der Waals surface area contributed by atoms with E-state index in [0.717, 1.165) is 141 Å². The van der Waals surface area contributed by atoms with Gasteiger partial charge in [0.15, 0.2) is 6.10 Å². The highest BCUT2D eigenvalue weighted by Crippen LogP contribution is 2.16. The Kier molecular flexibility index (Phi) is 64.3. The lowest BCUT2D eigenvalue weighted by atomic mass is 10.1. The minimum atomic E-state index is -0.795. The highest BCUT2D eigenvalue weighted by molar-refractivity contribution is 5.71. The molecule has 0 amide bonds. The van der Waals surface area contributed by atoms with Crippen LogP contribution in [-0.4, -0.2) is 37.2 Å². The first kappa shape index (κ1) is 76.5. The first-order valence-electron chi connectivity index (χ1n) is 33.7. The summed E-state index contributed by atoms with van der Waals surface area (Å²) in [5, 5.41) is 0. The highest BCUT2D eigenvalue weighted by atomic mass is 16.6. The fourth-order valence-electron chi connectivity index (χ4n) is 9.14. The van der Waals surface area contributed by atoms with Crippen LogP contribution in [0.4, 0.5) is 0 Å². The molecule has 0 aromatic carbocycles. The molecular formula is C75H124O6. The van der Waals surface area contributed by atoms with Crippen molar-refractivity contribution in [3.63, 3.8) is 0 Å². The van der Waals surface area contributed by atoms with Gasteiger partial charge in [-0.05, 0) is 135 Å². The normalized spacial score (nSPS) is 13.0. The number of hydrogen-bond acceptors (Lipinski definition) is 6. The van der Waals surface area contributed by atoms with Crippen molar-refractivity contribution in [1.29, 1.82) is 0 Å². The maximum atomic E-state index is 12.9. The topological polar surface area (TPSA) is 78.9 Å². The van der Waals surface area contributed by atoms with Crippen LogP contribution in [0.25, 0.3) is 0 Å². The summed E-state index contributed by atoms with van der Waals surface area (Å²) in [5.41, 5.74) is 0. The Morgan fingerprint density at radius 3 is 0.753 bits per heavy atom. The molecule has 0 aromatic heterocycles. The van der Waals surface area contributed by atoms with Crippen LogP contribution in [0.5, 0.6) is 0 Å². The minimum Gasteiger partial charge on any atom is -0.462 e. The summed E-state index contributed by atoms with van der Waals surface area (Å²) in [6, 6.07) is 0. The van der Waals surface area contributed by atoms with Crippen molar-refractivity contribution in [3.05, 3.63) is 134 Å². The van der Waals surface area contributed by atoms with E-state index in [0.29, 0.717) is 19.3 Å². The van der Waals surface area contributed by atoms with E-state index in [4.69, 9.17) is 14.2 Å². The number of allylic oxidation sites excluding steroid dienone is 22. The number of ether oxygens (including phenoxy) is 3. The Morgan fingerprint density at radius 2 is 0.481 bits per heavy atom. The molecule has 6 heteroatoms. The second-order valence-corrected chi connectivity index (χ2v) is 22.0. The zero-order chi connectivity index (χ0) is 58.5. The molecule has 0 saturated carbocycles. The summed E-state index contributed by atoms with van der Waals surface area (Å²) in [5.74, 6) is -0.910. The summed E-state index contributed by atoms with van der Waals surface area (Å²) in [7, 11) is 0. The Bertz CT molecular complexity index is 1720. The molecule has 0 aliphatic carbocycles. The first-order valence-corrected chi connectivity index (χ1v) is 33.7. The Labute approximate surface area is 500 Å². The van der Waals surface area contributed by atoms with Gasteiger partial charge in [0.2, 0.25) is 0 Å². The van der Waals surface area contributed by atoms with Crippen molar-refractivity contribution in [3.8, 4) is 0 Å². The number of carbonyl (C=O) groups is 3. The maximum absolute atomic E-state index is 12.9. The highest BCUT2D eigenvalue weighted by Gasteiger charge is 2.19. The van der Waals surface area contributed by atoms with Crippen LogP contribution in [0.3, 0.4) is 0 Å². The molecule has 0 aliphatic heterocycles. The number of esters is 3. The molecule has 460 valence electrons. The molecule has 0 aromatic rings. The molecule has 0 N–H and O–H groups in total. The van der Waals surface area contributed by atoms with Crippen LogP contribution in [0.1, 0.15) is 303 Å². The lowest BCUT2D eigenvalue weighted by Gasteiger charge is -2.18. The van der Waals surface area contributed by atoms with Crippen molar-refractivity contribution in [2.24, 2.45) is 0 Å². The molecule has 0 bridgehead atoms. The van der Waals surface area contributed by atoms with Crippen LogP contribution in [-0.2, 0) is 28.6 Å². The van der Waals surface area contributed by atoms with Gasteiger partial charge in [-0.15, -0.1) is 0 Å². The second kappa shape index (κ2) is 68.1. The first-order chi connectivity index (χ1) is 40.0. The van der Waals surface area contributed by atoms with E-state index in [2.05, 4.69) is 154 Å². The zero-order valence-corrected chi connectivity index (χ0v) is 52.8. The van der Waals surface area contributed by atoms with Gasteiger partial charge < -0.3 is 14.2 Å². The van der Waals surface area contributed by atoms with Gasteiger partial charge >= 0.3 is 17.9 Å². The Morgan fingerprint density at radius 1 is 0.259 bits per heavy atom. The van der Waals surface area contributed by atoms with E-state index >= 15 is 0 Å². The van der Waals surface area contributed by atoms with Gasteiger partial charge in [-0.1, -0.05) is 283 Å². The standard InChI is InChI=1S/C75H124O6/c1-4-7-10-13-16-19-22-25-28-30-32-33-34-35-36-37-38-39-40-41-43-44-47-50-53-56-59-62-65-68-74(77)80-71-72(70-79-73(76)67-64-61-58-55-52-49-46-27-24-21-18-15-12-9-6-3)81-75(78)69-66-63-60-57-54-51-48-45-42-31-29-26-23-20-17-14-11-8-5-2/h7,9-10,12,16-21,25-29,32-33,35-36,38-39,46,72H,4-6,8,11,13-15,22-24,30-31,34,37,40-45,47-71H2,1-3H3/b10-7-,12-9-,19-16-,20-17-,21-18-,28-25-,29-26-,33-32-,36-35-,39-38-,46-27-. The van der Waals surface area contributed by atoms with Gasteiger partial charge in [0.25, 0.3) is 0 Å². The maximum Gasteiger partial charge on any atom is 0.306 e. The summed E-state index contributed by atoms with van der Waals surface area (Å²) >= 11 is 0. The number of carbonyl (C=O) groups excluding carboxylic acids is 3. The molecule has 81 heavy (non-hydrogen) atoms. The van der Waals surface area contributed by atoms with Crippen LogP contribution in [0.2, 0.25) is 0 Å². The summed E-state index contributed by atoms with van der Waals surface area (Å²) < 4.78 is 16.9. The van der Waals surface area contributed by atoms with Gasteiger partial charge in [-0.2, -0.15) is 0 Å². The van der Waals surface area contributed by atoms with Crippen molar-refractivity contribution in [1.82, 2.24) is 0 Å². The molecule has 0 radical (unpaired) electrons. The van der Waals surface area contributed by atoms with E-state index in [1.807, 2.05) is 0 Å². The average Bonchev–Trinajstić information content (AvgIpc) is 3.47. The predicted molar refractivity (Wildman–Crippen MR) is 353 cm³/mol. The minimum absolute atomic E-state index is 0.0902. The molecule has 0 heterocycles. The fraction of sp³-hybridized carbons (Fsp3) is 0.667. The quantitative estimate of drug-likeness (QED) is 0.0261. The van der Waals surface area contributed by atoms with Gasteiger partial charge in [-0.25, -0.2) is 0 Å². The third-order valence-corrected chi connectivity index (χ3v) is 14.1. The summed E-state index contributed by atoms with van der Waals surface area (Å²) in [6.45, 7) is 6.39. The van der Waals surface area contributed by atoms with Crippen molar-refractivity contribution >= 4 is 17.9 Å². The summed E-state index contributed by atoms with van der Waals surface area (Å²) in [6.07, 6.45) is 96.0. The molecule has 0 fully saturated rings. The van der Waals surface area contributed by atoms with Gasteiger partial charge in [0.1, 0.15) is 13.2 Å². The number of rotatable bonds is 60. The molecule has 0 saturated heterocycles. The Hall–Kier alpha value is -4.45. The number of unbranched alkanes of at least 4 members (excludes halogenated alkanes) is 27. The SMILES string of the molecule is CC/C=C\C/C=C\C/C=C\C/C=C\C/C=C\C/C=C\CCCCCCCCCCCCC(=O)OCC(COC(=O)CCCCCCC/C=C\C/C=C\C/C=C\CC)OC(=O)CCCCCCCCCCC/C=C\C/C=C\CCCCC. The lowest BCUT2D eigenvalue weighted by molar-refractivity contribution is -0.167. The van der Waals surface area contributed by atoms with Gasteiger partial charge in [0.05, 0.1) is 0 Å². The van der Waals surface area contributed by atoms with Crippen LogP contribution < -0.4 is 0 Å². The largest absolute Gasteiger partial charge is 0.462 e. The number of hydrogen-bond donors (Lipinski definition) is 0. The average molecular weight is 1120 g/mol. The Balaban J connectivity index is 4.35. The molecule has 0 aliphatic rings. The summed E-state index contributed by atoms with van der Waals surface area (Å²) in [4.78, 5) is 38.4. The van der Waals surface area contributed by atoms with E-state index in [-0.39, 0.29) is 31.1 Å². The molecule has 1 atom stereocenters. The third-order valence-electron chi connectivity index (χ3n) is 14.1. The molecule has 0 rings (SSSR count). The van der Waals surface area contributed by atoms with Crippen LogP contribution >= 0.6 is 0 Å². The van der Waals surface area contributed by atoms with Crippen LogP contribution in [0, 0.1) is 0 Å². The van der Waals surface area contributed by atoms with Gasteiger partial charge in [0, 0.05) is 19.3 Å². The molecule has 6 nitrogen and oxygen atoms in total. The van der Waals surface area contributed by atoms with Gasteiger partial charge in [-0.3, -0.25) is 14.4 Å². The fourth-order valence-corrected chi connectivity index (χ4v) is 9.14.